The van der Waals surface area contributed by atoms with Crippen molar-refractivity contribution < 1.29 is 0 Å². The molecule has 1 aliphatic carbocycles. The van der Waals surface area contributed by atoms with Crippen molar-refractivity contribution in [2.24, 2.45) is 23.2 Å². The smallest absolute Gasteiger partial charge is 0.0796 e. The molecule has 0 N–H and O–H groups in total. The quantitative estimate of drug-likeness (QED) is 0.655. The highest BCUT2D eigenvalue weighted by Crippen LogP contribution is 2.51. The first-order valence-electron chi connectivity index (χ1n) is 7.69. The second-order valence-electron chi connectivity index (χ2n) is 8.11. The Balaban J connectivity index is 2.71. The van der Waals surface area contributed by atoms with Gasteiger partial charge in [-0.1, -0.05) is 65.5 Å². The van der Waals surface area contributed by atoms with Gasteiger partial charge in [0.1, 0.15) is 0 Å². The molecule has 0 heterocycles. The van der Waals surface area contributed by atoms with E-state index in [0.717, 1.165) is 17.8 Å². The lowest BCUT2D eigenvalue weighted by Crippen LogP contribution is -2.34. The molecule has 0 aromatic heterocycles. The zero-order valence-corrected chi connectivity index (χ0v) is 13.3. The molecule has 1 fully saturated rings. The van der Waals surface area contributed by atoms with E-state index in [0.29, 0.717) is 10.6 Å². The molecule has 1 rings (SSSR count). The molecule has 3 unspecified atom stereocenters. The fourth-order valence-electron chi connectivity index (χ4n) is 3.36. The van der Waals surface area contributed by atoms with Crippen LogP contribution in [0.15, 0.2) is 0 Å². The molecule has 0 amide bonds. The third kappa shape index (κ3) is 3.55. The van der Waals surface area contributed by atoms with Gasteiger partial charge in [-0.15, -0.1) is 0 Å². The normalized spacial score (nSPS) is 30.8. The largest absolute Gasteiger partial charge is 0.0998 e. The summed E-state index contributed by atoms with van der Waals surface area (Å²) in [5, 5.41) is 0.461. The lowest BCUT2D eigenvalue weighted by molar-refractivity contribution is 0.222. The third-order valence-corrected chi connectivity index (χ3v) is 5.77. The van der Waals surface area contributed by atoms with Crippen LogP contribution in [-0.4, -0.2) is 15.7 Å². The maximum absolute atomic E-state index is 2.49. The Morgan fingerprint density at radius 2 is 1.71 bits per heavy atom. The molecule has 0 spiro atoms. The molecular weight excluding hydrogens is 202 g/mol. The summed E-state index contributed by atoms with van der Waals surface area (Å²) in [6.45, 7) is 12.0. The van der Waals surface area contributed by atoms with Crippen LogP contribution >= 0.6 is 0 Å². The molecule has 0 radical (unpaired) electrons. The highest BCUT2D eigenvalue weighted by atomic mass is 14.4. The third-order valence-electron chi connectivity index (χ3n) is 5.77. The van der Waals surface area contributed by atoms with Crippen molar-refractivity contribution in [3.8, 4) is 0 Å². The van der Waals surface area contributed by atoms with E-state index < -0.39 is 0 Å². The fraction of sp³-hybridized carbons (Fsp3) is 1.00. The first-order chi connectivity index (χ1) is 7.69. The van der Waals surface area contributed by atoms with Crippen LogP contribution in [0.2, 0.25) is 5.21 Å². The maximum atomic E-state index is 2.49. The molecule has 3 atom stereocenters. The predicted molar refractivity (Wildman–Crippen MR) is 84.1 cm³/mol. The van der Waals surface area contributed by atoms with Gasteiger partial charge in [-0.3, -0.25) is 0 Å². The zero-order valence-electron chi connectivity index (χ0n) is 13.3. The molecule has 1 saturated carbocycles. The summed E-state index contributed by atoms with van der Waals surface area (Å²) in [6.07, 6.45) is 7.19. The van der Waals surface area contributed by atoms with Gasteiger partial charge in [0.25, 0.3) is 0 Å². The summed E-state index contributed by atoms with van der Waals surface area (Å²) in [5.74, 6) is 2.94. The van der Waals surface area contributed by atoms with E-state index in [1.54, 1.807) is 0 Å². The second kappa shape index (κ2) is 5.41. The standard InChI is InChI=1S/C15H32B2/c1-6-7-12-9-8-11(2)13(12)10-15(16,17)14(3,4)5/h11-13H,6-10,16-17H2,1-5H3. The van der Waals surface area contributed by atoms with Gasteiger partial charge >= 0.3 is 0 Å². The second-order valence-corrected chi connectivity index (χ2v) is 8.11. The molecule has 0 aromatic rings. The number of rotatable bonds is 4. The maximum Gasteiger partial charge on any atom is 0.0998 e. The molecule has 0 aromatic carbocycles. The van der Waals surface area contributed by atoms with Crippen molar-refractivity contribution in [1.29, 1.82) is 0 Å². The molecule has 2 heteroatoms. The van der Waals surface area contributed by atoms with Gasteiger partial charge in [-0.25, -0.2) is 0 Å². The monoisotopic (exact) mass is 234 g/mol. The highest BCUT2D eigenvalue weighted by molar-refractivity contribution is 6.40. The van der Waals surface area contributed by atoms with E-state index in [2.05, 4.69) is 50.3 Å². The van der Waals surface area contributed by atoms with E-state index >= 15 is 0 Å². The van der Waals surface area contributed by atoms with Gasteiger partial charge in [-0.05, 0) is 29.6 Å². The Labute approximate surface area is 111 Å². The molecule has 0 nitrogen and oxygen atoms in total. The van der Waals surface area contributed by atoms with Crippen LogP contribution in [0, 0.1) is 23.2 Å². The van der Waals surface area contributed by atoms with Crippen LogP contribution in [0.3, 0.4) is 0 Å². The average molecular weight is 234 g/mol. The first kappa shape index (κ1) is 15.2. The average Bonchev–Trinajstić information content (AvgIpc) is 2.48. The Kier molecular flexibility index (Phi) is 4.83. The van der Waals surface area contributed by atoms with E-state index in [4.69, 9.17) is 0 Å². The number of hydrogen-bond acceptors (Lipinski definition) is 0. The van der Waals surface area contributed by atoms with Crippen LogP contribution in [0.1, 0.15) is 66.7 Å². The fourth-order valence-corrected chi connectivity index (χ4v) is 3.36. The van der Waals surface area contributed by atoms with Crippen LogP contribution in [0.5, 0.6) is 0 Å². The van der Waals surface area contributed by atoms with Gasteiger partial charge in [0.05, 0.1) is 15.7 Å². The van der Waals surface area contributed by atoms with E-state index in [1.165, 1.54) is 32.1 Å². The van der Waals surface area contributed by atoms with Gasteiger partial charge in [-0.2, -0.15) is 0 Å². The SMILES string of the molecule is BC(B)(CC1C(C)CCC1CCC)C(C)(C)C. The summed E-state index contributed by atoms with van der Waals surface area (Å²) in [4.78, 5) is 0. The summed E-state index contributed by atoms with van der Waals surface area (Å²) < 4.78 is 0. The summed E-state index contributed by atoms with van der Waals surface area (Å²) in [5.41, 5.74) is 0.423. The van der Waals surface area contributed by atoms with Gasteiger partial charge in [0.15, 0.2) is 0 Å². The molecule has 0 saturated heterocycles. The van der Waals surface area contributed by atoms with Gasteiger partial charge < -0.3 is 0 Å². The minimum absolute atomic E-state index is 0.423. The van der Waals surface area contributed by atoms with E-state index in [1.807, 2.05) is 0 Å². The van der Waals surface area contributed by atoms with Crippen LogP contribution in [0.4, 0.5) is 0 Å². The number of hydrogen-bond donors (Lipinski definition) is 0. The van der Waals surface area contributed by atoms with Crippen molar-refractivity contribution in [3.63, 3.8) is 0 Å². The Hall–Kier alpha value is 0.130. The van der Waals surface area contributed by atoms with Gasteiger partial charge in [0.2, 0.25) is 0 Å². The van der Waals surface area contributed by atoms with E-state index in [-0.39, 0.29) is 0 Å². The minimum atomic E-state index is 0.423. The van der Waals surface area contributed by atoms with Crippen molar-refractivity contribution in [2.75, 3.05) is 0 Å². The minimum Gasteiger partial charge on any atom is -0.0796 e. The lowest BCUT2D eigenvalue weighted by Gasteiger charge is -2.43. The van der Waals surface area contributed by atoms with E-state index in [9.17, 15) is 0 Å². The zero-order chi connectivity index (χ0) is 13.3. The van der Waals surface area contributed by atoms with Crippen LogP contribution in [0.25, 0.3) is 0 Å². The molecule has 98 valence electrons. The summed E-state index contributed by atoms with van der Waals surface area (Å²) in [6, 6.07) is 0. The lowest BCUT2D eigenvalue weighted by atomic mass is 9.40. The van der Waals surface area contributed by atoms with Crippen molar-refractivity contribution in [1.82, 2.24) is 0 Å². The molecule has 0 aliphatic heterocycles. The van der Waals surface area contributed by atoms with Crippen LogP contribution in [-0.2, 0) is 0 Å². The topological polar surface area (TPSA) is 0 Å². The molecular formula is C15H32B2. The molecule has 17 heavy (non-hydrogen) atoms. The predicted octanol–water partition coefficient (Wildman–Crippen LogP) is 3.27. The highest BCUT2D eigenvalue weighted by Gasteiger charge is 2.40. The van der Waals surface area contributed by atoms with Crippen LogP contribution < -0.4 is 0 Å². The molecule has 1 aliphatic rings. The molecule has 0 bridgehead atoms. The van der Waals surface area contributed by atoms with Crippen molar-refractivity contribution in [2.45, 2.75) is 71.9 Å². The van der Waals surface area contributed by atoms with Crippen molar-refractivity contribution in [3.05, 3.63) is 0 Å². The Morgan fingerprint density at radius 3 is 2.18 bits per heavy atom. The Morgan fingerprint density at radius 1 is 1.12 bits per heavy atom. The van der Waals surface area contributed by atoms with Gasteiger partial charge in [0, 0.05) is 0 Å². The first-order valence-corrected chi connectivity index (χ1v) is 7.69. The summed E-state index contributed by atoms with van der Waals surface area (Å²) >= 11 is 0. The Bertz CT molecular complexity index is 238. The van der Waals surface area contributed by atoms with Crippen molar-refractivity contribution >= 4 is 15.7 Å². The summed E-state index contributed by atoms with van der Waals surface area (Å²) in [7, 11) is 4.95.